The van der Waals surface area contributed by atoms with Crippen LogP contribution in [0, 0.1) is 0 Å². The van der Waals surface area contributed by atoms with E-state index in [1.807, 2.05) is 30.3 Å². The molecule has 0 aliphatic carbocycles. The maximum atomic E-state index is 13.0. The molecule has 2 aromatic rings. The molecule has 2 aliphatic heterocycles. The Labute approximate surface area is 157 Å². The first-order valence-corrected chi connectivity index (χ1v) is 9.44. The number of piperidine rings is 1. The Balaban J connectivity index is 1.70. The molecule has 2 heterocycles. The summed E-state index contributed by atoms with van der Waals surface area (Å²) in [6, 6.07) is 8.99. The van der Waals surface area contributed by atoms with Gasteiger partial charge in [0.1, 0.15) is 6.04 Å². The second kappa shape index (κ2) is 7.12. The van der Waals surface area contributed by atoms with E-state index in [1.54, 1.807) is 4.90 Å². The predicted molar refractivity (Wildman–Crippen MR) is 102 cm³/mol. The second-order valence-electron chi connectivity index (χ2n) is 7.15. The Bertz CT molecular complexity index is 937. The predicted octanol–water partition coefficient (Wildman–Crippen LogP) is 2.31. The molecule has 140 valence electrons. The van der Waals surface area contributed by atoms with Gasteiger partial charge in [0.2, 0.25) is 11.8 Å². The van der Waals surface area contributed by atoms with Crippen molar-refractivity contribution in [1.82, 2.24) is 5.32 Å². The number of nitrogens with zero attached hydrogens (tertiary/aromatic N) is 1. The molecule has 6 nitrogen and oxygen atoms in total. The molecule has 6 heteroatoms. The number of hydrogen-bond donors (Lipinski definition) is 2. The number of amides is 3. The molecule has 1 fully saturated rings. The molecular formula is C21H22N2O4. The Hall–Kier alpha value is -2.73. The zero-order valence-corrected chi connectivity index (χ0v) is 15.0. The number of carbonyl (C=O) groups excluding carboxylic acids is 3. The van der Waals surface area contributed by atoms with Gasteiger partial charge in [0.25, 0.3) is 5.91 Å². The fourth-order valence-corrected chi connectivity index (χ4v) is 4.13. The van der Waals surface area contributed by atoms with Gasteiger partial charge >= 0.3 is 0 Å². The van der Waals surface area contributed by atoms with Gasteiger partial charge in [0.05, 0.1) is 5.69 Å². The van der Waals surface area contributed by atoms with E-state index in [0.29, 0.717) is 12.0 Å². The summed E-state index contributed by atoms with van der Waals surface area (Å²) in [4.78, 5) is 38.4. The van der Waals surface area contributed by atoms with Gasteiger partial charge in [0, 0.05) is 24.0 Å². The zero-order valence-electron chi connectivity index (χ0n) is 15.0. The lowest BCUT2D eigenvalue weighted by Crippen LogP contribution is -2.53. The third kappa shape index (κ3) is 3.00. The van der Waals surface area contributed by atoms with E-state index in [2.05, 4.69) is 5.32 Å². The zero-order chi connectivity index (χ0) is 19.0. The smallest absolute Gasteiger partial charge is 0.259 e. The third-order valence-corrected chi connectivity index (χ3v) is 5.44. The summed E-state index contributed by atoms with van der Waals surface area (Å²) in [6.45, 7) is 0.208. The Morgan fingerprint density at radius 3 is 2.70 bits per heavy atom. The van der Waals surface area contributed by atoms with Crippen molar-refractivity contribution in [3.8, 4) is 0 Å². The minimum atomic E-state index is -0.652. The maximum Gasteiger partial charge on any atom is 0.259 e. The normalized spacial score (nSPS) is 19.1. The maximum absolute atomic E-state index is 13.0. The average molecular weight is 366 g/mol. The molecule has 4 rings (SSSR count). The molecule has 2 aliphatic rings. The molecular weight excluding hydrogens is 344 g/mol. The van der Waals surface area contributed by atoms with E-state index >= 15 is 0 Å². The lowest BCUT2D eigenvalue weighted by Gasteiger charge is -2.30. The van der Waals surface area contributed by atoms with Crippen LogP contribution in [0.25, 0.3) is 10.8 Å². The first-order valence-electron chi connectivity index (χ1n) is 9.44. The van der Waals surface area contributed by atoms with Crippen LogP contribution in [0.15, 0.2) is 30.3 Å². The molecule has 27 heavy (non-hydrogen) atoms. The molecule has 0 aromatic heterocycles. The molecule has 0 spiro atoms. The van der Waals surface area contributed by atoms with Crippen molar-refractivity contribution in [3.63, 3.8) is 0 Å². The van der Waals surface area contributed by atoms with Crippen LogP contribution in [0.5, 0.6) is 0 Å². The van der Waals surface area contributed by atoms with Gasteiger partial charge in [-0.15, -0.1) is 0 Å². The summed E-state index contributed by atoms with van der Waals surface area (Å²) in [5, 5.41) is 13.2. The monoisotopic (exact) mass is 366 g/mol. The molecule has 1 unspecified atom stereocenters. The number of carbonyl (C=O) groups is 3. The highest BCUT2D eigenvalue weighted by Gasteiger charge is 2.40. The highest BCUT2D eigenvalue weighted by molar-refractivity contribution is 6.27. The summed E-state index contributed by atoms with van der Waals surface area (Å²) in [5.41, 5.74) is 2.54. The van der Waals surface area contributed by atoms with Crippen LogP contribution in [0.3, 0.4) is 0 Å². The molecule has 0 radical (unpaired) electrons. The lowest BCUT2D eigenvalue weighted by atomic mass is 9.96. The number of aliphatic hydroxyl groups is 1. The molecule has 2 aromatic carbocycles. The first-order chi connectivity index (χ1) is 13.1. The number of unbranched alkanes of at least 4 members (excludes halogenated alkanes) is 2. The number of anilines is 1. The van der Waals surface area contributed by atoms with E-state index in [9.17, 15) is 14.4 Å². The summed E-state index contributed by atoms with van der Waals surface area (Å²) >= 11 is 0. The fourth-order valence-electron chi connectivity index (χ4n) is 4.13. The van der Waals surface area contributed by atoms with Crippen molar-refractivity contribution in [2.75, 3.05) is 11.5 Å². The van der Waals surface area contributed by atoms with Crippen molar-refractivity contribution >= 4 is 34.2 Å². The van der Waals surface area contributed by atoms with Crippen LogP contribution in [0.2, 0.25) is 0 Å². The van der Waals surface area contributed by atoms with Gasteiger partial charge in [-0.05, 0) is 48.8 Å². The lowest BCUT2D eigenvalue weighted by molar-refractivity contribution is -0.134. The van der Waals surface area contributed by atoms with Crippen LogP contribution in [-0.4, -0.2) is 35.5 Å². The van der Waals surface area contributed by atoms with Crippen molar-refractivity contribution < 1.29 is 19.5 Å². The largest absolute Gasteiger partial charge is 0.396 e. The summed E-state index contributed by atoms with van der Waals surface area (Å²) in [6.07, 6.45) is 4.19. The highest BCUT2D eigenvalue weighted by atomic mass is 16.3. The van der Waals surface area contributed by atoms with Crippen LogP contribution in [-0.2, 0) is 16.0 Å². The number of rotatable bonds is 6. The number of benzene rings is 2. The molecule has 0 bridgehead atoms. The molecule has 0 saturated carbocycles. The van der Waals surface area contributed by atoms with Crippen molar-refractivity contribution in [1.29, 1.82) is 0 Å². The van der Waals surface area contributed by atoms with Gasteiger partial charge in [-0.25, -0.2) is 0 Å². The van der Waals surface area contributed by atoms with E-state index < -0.39 is 11.9 Å². The van der Waals surface area contributed by atoms with E-state index in [0.717, 1.165) is 42.1 Å². The number of hydrogen-bond acceptors (Lipinski definition) is 4. The molecule has 2 N–H and O–H groups in total. The number of nitrogens with one attached hydrogen (secondary N) is 1. The van der Waals surface area contributed by atoms with Crippen LogP contribution in [0.1, 0.15) is 48.0 Å². The van der Waals surface area contributed by atoms with Crippen molar-refractivity contribution in [2.24, 2.45) is 0 Å². The van der Waals surface area contributed by atoms with E-state index in [-0.39, 0.29) is 24.8 Å². The Morgan fingerprint density at radius 1 is 1.07 bits per heavy atom. The Kier molecular flexibility index (Phi) is 4.66. The fraction of sp³-hybridized carbons (Fsp3) is 0.381. The molecule has 1 saturated heterocycles. The van der Waals surface area contributed by atoms with Crippen molar-refractivity contribution in [3.05, 3.63) is 41.5 Å². The highest BCUT2D eigenvalue weighted by Crippen LogP contribution is 2.41. The number of aliphatic hydroxyl groups excluding tert-OH is 1. The van der Waals surface area contributed by atoms with Crippen LogP contribution in [0.4, 0.5) is 5.69 Å². The standard InChI is InChI=1S/C21H22N2O4/c24-12-3-1-2-5-13-8-9-15-19-14(13)6-4-7-16(19)23(21(15)27)17-10-11-18(25)22-20(17)26/h4,6-9,17,24H,1-3,5,10-12H2,(H,22,25,26). The van der Waals surface area contributed by atoms with E-state index in [1.165, 1.54) is 5.56 Å². The van der Waals surface area contributed by atoms with Gasteiger partial charge in [-0.3, -0.25) is 24.6 Å². The third-order valence-electron chi connectivity index (χ3n) is 5.44. The summed E-state index contributed by atoms with van der Waals surface area (Å²) in [7, 11) is 0. The minimum absolute atomic E-state index is 0.178. The summed E-state index contributed by atoms with van der Waals surface area (Å²) in [5.74, 6) is -0.875. The number of imide groups is 1. The summed E-state index contributed by atoms with van der Waals surface area (Å²) < 4.78 is 0. The van der Waals surface area contributed by atoms with Gasteiger partial charge in [-0.2, -0.15) is 0 Å². The van der Waals surface area contributed by atoms with Gasteiger partial charge in [-0.1, -0.05) is 24.6 Å². The quantitative estimate of drug-likeness (QED) is 0.607. The molecule has 3 amide bonds. The second-order valence-corrected chi connectivity index (χ2v) is 7.15. The topological polar surface area (TPSA) is 86.7 Å². The SMILES string of the molecule is O=C1CCC(N2C(=O)c3ccc(CCCCCO)c4cccc2c34)C(=O)N1. The average Bonchev–Trinajstić information content (AvgIpc) is 2.94. The first kappa shape index (κ1) is 17.7. The van der Waals surface area contributed by atoms with Crippen LogP contribution >= 0.6 is 0 Å². The van der Waals surface area contributed by atoms with E-state index in [4.69, 9.17) is 5.11 Å². The van der Waals surface area contributed by atoms with Crippen molar-refractivity contribution in [2.45, 2.75) is 44.6 Å². The van der Waals surface area contributed by atoms with Gasteiger partial charge < -0.3 is 5.11 Å². The molecule has 1 atom stereocenters. The van der Waals surface area contributed by atoms with Crippen LogP contribution < -0.4 is 10.2 Å². The van der Waals surface area contributed by atoms with Gasteiger partial charge in [0.15, 0.2) is 0 Å². The minimum Gasteiger partial charge on any atom is -0.396 e. The Morgan fingerprint density at radius 2 is 1.93 bits per heavy atom. The number of aryl methyl sites for hydroxylation is 1.